The second kappa shape index (κ2) is 16.2. The van der Waals surface area contributed by atoms with Crippen LogP contribution in [0.4, 0.5) is 0 Å². The summed E-state index contributed by atoms with van der Waals surface area (Å²) < 4.78 is 0. The molecule has 4 saturated carbocycles. The van der Waals surface area contributed by atoms with Crippen LogP contribution in [0.2, 0.25) is 0 Å². The number of nitrogens with one attached hydrogen (secondary N) is 8. The number of fused-ring (bicyclic) bond motifs is 20. The van der Waals surface area contributed by atoms with Crippen LogP contribution in [0, 0.1) is 71.0 Å². The molecule has 20 unspecified atom stereocenters. The molecular formula is C36H52N8O8Zn2. The Hall–Kier alpha value is -1.19. The van der Waals surface area contributed by atoms with E-state index in [1.54, 1.807) is 0 Å². The van der Waals surface area contributed by atoms with E-state index in [-0.39, 0.29) is 99.6 Å². The molecule has 0 radical (unpaired) electrons. The number of hydrogen-bond donors (Lipinski definition) is 8. The molecular weight excluding hydrogens is 803 g/mol. The van der Waals surface area contributed by atoms with E-state index >= 15 is 0 Å². The summed E-state index contributed by atoms with van der Waals surface area (Å²) in [7, 11) is 0. The number of carbonyl (C=O) groups is 4. The molecule has 0 aromatic heterocycles. The predicted molar refractivity (Wildman–Crippen MR) is 173 cm³/mol. The summed E-state index contributed by atoms with van der Waals surface area (Å²) in [6, 6.07) is 0. The van der Waals surface area contributed by atoms with Crippen LogP contribution >= 0.6 is 0 Å². The number of hydrogen-bond acceptors (Lipinski definition) is 16. The van der Waals surface area contributed by atoms with Crippen molar-refractivity contribution in [1.82, 2.24) is 42.5 Å². The molecule has 288 valence electrons. The summed E-state index contributed by atoms with van der Waals surface area (Å²) in [5.41, 5.74) is 0. The molecule has 16 nitrogen and oxygen atoms in total. The SMILES string of the molecule is O=C([O-])C1C(C(=O)[O-])C(C(=O)[O-])C2C3NC4NC(NC5NC(NC6NC(NC(N3)C2C1C(=O)[O-])C1CCCCC61)C1CCCCC51)C1CCCCC41.[Zn+2].[Zn+2]. The van der Waals surface area contributed by atoms with Gasteiger partial charge >= 0.3 is 39.0 Å². The average molecular weight is 856 g/mol. The van der Waals surface area contributed by atoms with Crippen molar-refractivity contribution in [3.05, 3.63) is 0 Å². The van der Waals surface area contributed by atoms with Gasteiger partial charge in [-0.05, 0) is 74.0 Å². The van der Waals surface area contributed by atoms with Crippen molar-refractivity contribution in [2.45, 2.75) is 126 Å². The van der Waals surface area contributed by atoms with E-state index in [4.69, 9.17) is 0 Å². The van der Waals surface area contributed by atoms with Gasteiger partial charge in [0, 0.05) is 59.4 Å². The molecule has 9 aliphatic rings. The van der Waals surface area contributed by atoms with E-state index in [2.05, 4.69) is 42.5 Å². The normalized spacial score (nSPS) is 50.5. The van der Waals surface area contributed by atoms with E-state index in [0.717, 1.165) is 64.2 Å². The third kappa shape index (κ3) is 6.83. The molecule has 0 aromatic carbocycles. The zero-order valence-electron chi connectivity index (χ0n) is 30.7. The molecule has 0 amide bonds. The van der Waals surface area contributed by atoms with Gasteiger partial charge in [-0.3, -0.25) is 42.5 Å². The third-order valence-electron chi connectivity index (χ3n) is 15.4. The number of rotatable bonds is 4. The van der Waals surface area contributed by atoms with Crippen LogP contribution < -0.4 is 63.0 Å². The van der Waals surface area contributed by atoms with E-state index in [1.165, 1.54) is 12.8 Å². The van der Waals surface area contributed by atoms with Crippen molar-refractivity contribution >= 4 is 23.9 Å². The minimum Gasteiger partial charge on any atom is -0.550 e. The second-order valence-corrected chi connectivity index (χ2v) is 17.5. The van der Waals surface area contributed by atoms with Crippen LogP contribution in [0.5, 0.6) is 0 Å². The Balaban J connectivity index is 0.00000225. The maximum Gasteiger partial charge on any atom is 2.00 e. The molecule has 20 atom stereocenters. The predicted octanol–water partition coefficient (Wildman–Crippen LogP) is -5.50. The topological polar surface area (TPSA) is 257 Å². The van der Waals surface area contributed by atoms with Crippen LogP contribution in [-0.2, 0) is 58.1 Å². The molecule has 0 spiro atoms. The smallest absolute Gasteiger partial charge is 0.550 e. The van der Waals surface area contributed by atoms with Gasteiger partial charge in [0.25, 0.3) is 0 Å². The third-order valence-corrected chi connectivity index (χ3v) is 15.4. The first-order valence-corrected chi connectivity index (χ1v) is 20.0. The summed E-state index contributed by atoms with van der Waals surface area (Å²) in [5.74, 6) is -16.1. The van der Waals surface area contributed by atoms with Gasteiger partial charge in [0.1, 0.15) is 0 Å². The summed E-state index contributed by atoms with van der Waals surface area (Å²) in [4.78, 5) is 51.3. The van der Waals surface area contributed by atoms with Crippen LogP contribution in [0.3, 0.4) is 0 Å². The van der Waals surface area contributed by atoms with Gasteiger partial charge in [-0.2, -0.15) is 0 Å². The quantitative estimate of drug-likeness (QED) is 0.123. The van der Waals surface area contributed by atoms with Gasteiger partial charge in [0.05, 0.1) is 49.3 Å². The zero-order chi connectivity index (χ0) is 36.0. The Labute approximate surface area is 340 Å². The van der Waals surface area contributed by atoms with E-state index in [9.17, 15) is 39.6 Å². The molecule has 9 rings (SSSR count). The average Bonchev–Trinajstić information content (AvgIpc) is 3.86. The van der Waals surface area contributed by atoms with Gasteiger partial charge in [0.15, 0.2) is 0 Å². The Bertz CT molecular complexity index is 1350. The number of carboxylic acid groups (broad SMARTS) is 4. The molecule has 9 fully saturated rings. The van der Waals surface area contributed by atoms with Crippen molar-refractivity contribution in [1.29, 1.82) is 0 Å². The second-order valence-electron chi connectivity index (χ2n) is 17.5. The molecule has 8 N–H and O–H groups in total. The first-order valence-electron chi connectivity index (χ1n) is 20.0. The van der Waals surface area contributed by atoms with Crippen molar-refractivity contribution in [3.63, 3.8) is 0 Å². The van der Waals surface area contributed by atoms with Gasteiger partial charge in [-0.15, -0.1) is 0 Å². The molecule has 54 heavy (non-hydrogen) atoms. The van der Waals surface area contributed by atoms with Gasteiger partial charge < -0.3 is 39.6 Å². The molecule has 0 aromatic rings. The van der Waals surface area contributed by atoms with Gasteiger partial charge in [-0.1, -0.05) is 38.5 Å². The van der Waals surface area contributed by atoms with E-state index in [0.29, 0.717) is 11.8 Å². The standard InChI is InChI=1S/C36H56N8O8.2Zn/c45-33(46)21-19-20(22(34(47)48)24(36(51)52)23(21)35(49)50)32-43-30-18-12-6-4-10-16(18)28(41-30)39-26-14-8-2-1-7-13(14)25(37-26)38-27-15-9-3-5-11-17(15)29(40-27)42-31(19)44-32;;/h13-32,37-44H,1-12H2,(H,45,46)(H,47,48)(H,49,50)(H,51,52);;/q;2*+2/p-4. The molecule has 5 aliphatic heterocycles. The number of aliphatic carboxylic acids is 4. The fourth-order valence-corrected chi connectivity index (χ4v) is 13.4. The Kier molecular flexibility index (Phi) is 12.3. The fraction of sp³-hybridized carbons (Fsp3) is 0.889. The van der Waals surface area contributed by atoms with Gasteiger partial charge in [-0.25, -0.2) is 0 Å². The van der Waals surface area contributed by atoms with E-state index in [1.807, 2.05) is 0 Å². The molecule has 8 bridgehead atoms. The fourth-order valence-electron chi connectivity index (χ4n) is 13.4. The van der Waals surface area contributed by atoms with Crippen molar-refractivity contribution in [2.75, 3.05) is 0 Å². The van der Waals surface area contributed by atoms with Crippen LogP contribution in [-0.4, -0.2) is 73.2 Å². The molecule has 18 heteroatoms. The van der Waals surface area contributed by atoms with Crippen LogP contribution in [0.25, 0.3) is 0 Å². The maximum absolute atomic E-state index is 13.0. The minimum absolute atomic E-state index is 0. The largest absolute Gasteiger partial charge is 2.00 e. The zero-order valence-corrected chi connectivity index (χ0v) is 36.6. The Morgan fingerprint density at radius 2 is 0.500 bits per heavy atom. The monoisotopic (exact) mass is 852 g/mol. The van der Waals surface area contributed by atoms with Crippen LogP contribution in [0.15, 0.2) is 0 Å². The Morgan fingerprint density at radius 1 is 0.315 bits per heavy atom. The summed E-state index contributed by atoms with van der Waals surface area (Å²) in [6.07, 6.45) is 10.5. The first kappa shape index (κ1) is 41.0. The Morgan fingerprint density at radius 3 is 0.704 bits per heavy atom. The molecule has 5 heterocycles. The summed E-state index contributed by atoms with van der Waals surface area (Å²) in [6.45, 7) is 0. The minimum atomic E-state index is -2.20. The van der Waals surface area contributed by atoms with Crippen molar-refractivity contribution in [2.24, 2.45) is 71.0 Å². The van der Waals surface area contributed by atoms with E-state index < -0.39 is 71.7 Å². The maximum atomic E-state index is 13.0. The van der Waals surface area contributed by atoms with Crippen molar-refractivity contribution in [3.8, 4) is 0 Å². The van der Waals surface area contributed by atoms with Crippen LogP contribution in [0.1, 0.15) is 77.0 Å². The summed E-state index contributed by atoms with van der Waals surface area (Å²) in [5, 5.41) is 81.6. The first-order chi connectivity index (χ1) is 25.1. The number of carbonyl (C=O) groups excluding carboxylic acids is 4. The molecule has 5 saturated heterocycles. The van der Waals surface area contributed by atoms with Crippen molar-refractivity contribution < 1.29 is 78.6 Å². The number of carboxylic acids is 4. The molecule has 4 aliphatic carbocycles. The van der Waals surface area contributed by atoms with Gasteiger partial charge in [0.2, 0.25) is 0 Å². The summed E-state index contributed by atoms with van der Waals surface area (Å²) >= 11 is 0.